The van der Waals surface area contributed by atoms with Gasteiger partial charge in [0, 0.05) is 23.9 Å². The molecule has 0 aliphatic heterocycles. The van der Waals surface area contributed by atoms with Gasteiger partial charge < -0.3 is 14.0 Å². The topological polar surface area (TPSA) is 52.6 Å². The van der Waals surface area contributed by atoms with E-state index in [2.05, 4.69) is 65.6 Å². The lowest BCUT2D eigenvalue weighted by atomic mass is 9.47. The van der Waals surface area contributed by atoms with Crippen molar-refractivity contribution in [2.45, 2.75) is 111 Å². The minimum atomic E-state index is -1.79. The molecule has 2 fully saturated rings. The van der Waals surface area contributed by atoms with Crippen LogP contribution in [0, 0.1) is 40.4 Å². The third-order valence-corrected chi connectivity index (χ3v) is 14.3. The van der Waals surface area contributed by atoms with Crippen molar-refractivity contribution in [1.82, 2.24) is 0 Å². The second-order valence-corrected chi connectivity index (χ2v) is 17.6. The number of fused-ring (bicyclic) bond motifs is 3. The van der Waals surface area contributed by atoms with Crippen LogP contribution in [-0.4, -0.2) is 33.3 Å². The second-order valence-electron chi connectivity index (χ2n) is 12.8. The van der Waals surface area contributed by atoms with Gasteiger partial charge in [0.1, 0.15) is 6.29 Å². The number of hydrogen-bond donors (Lipinski definition) is 0. The molecule has 0 saturated heterocycles. The van der Waals surface area contributed by atoms with Crippen molar-refractivity contribution < 1.29 is 18.8 Å². The summed E-state index contributed by atoms with van der Waals surface area (Å²) in [7, 11) is -1.79. The van der Waals surface area contributed by atoms with Crippen LogP contribution in [0.2, 0.25) is 18.1 Å². The summed E-state index contributed by atoms with van der Waals surface area (Å²) in [4.78, 5) is 23.6. The van der Waals surface area contributed by atoms with E-state index in [1.807, 2.05) is 0 Å². The molecule has 0 heterocycles. The molecule has 0 radical (unpaired) electrons. The van der Waals surface area contributed by atoms with Gasteiger partial charge in [-0.2, -0.15) is 0 Å². The fraction of sp³-hybridized carbons (Fsp3) is 0.793. The number of carbonyl (C=O) groups excluding carboxylic acids is 2. The van der Waals surface area contributed by atoms with Crippen LogP contribution >= 0.6 is 0 Å². The normalized spacial score (nSPS) is 35.7. The molecule has 6 atom stereocenters. The molecule has 34 heavy (non-hydrogen) atoms. The maximum Gasteiger partial charge on any atom is 0.384 e. The molecule has 0 bridgehead atoms. The minimum Gasteiger partial charge on any atom is -0.456 e. The van der Waals surface area contributed by atoms with Gasteiger partial charge in [-0.1, -0.05) is 45.3 Å². The summed E-state index contributed by atoms with van der Waals surface area (Å²) in [6, 6.07) is 0. The second kappa shape index (κ2) is 9.94. The molecule has 3 aliphatic rings. The van der Waals surface area contributed by atoms with E-state index in [0.29, 0.717) is 31.0 Å². The van der Waals surface area contributed by atoms with E-state index in [-0.39, 0.29) is 21.8 Å². The van der Waals surface area contributed by atoms with Gasteiger partial charge >= 0.3 is 5.97 Å². The van der Waals surface area contributed by atoms with E-state index in [9.17, 15) is 9.59 Å². The van der Waals surface area contributed by atoms with Crippen LogP contribution in [0.25, 0.3) is 0 Å². The maximum absolute atomic E-state index is 11.9. The van der Waals surface area contributed by atoms with E-state index < -0.39 is 14.3 Å². The average Bonchev–Trinajstić information content (AvgIpc) is 2.74. The number of esters is 1. The Morgan fingerprint density at radius 3 is 2.56 bits per heavy atom. The molecule has 5 heteroatoms. The monoisotopic (exact) mass is 486 g/mol. The molecule has 0 spiro atoms. The molecule has 3 rings (SSSR count). The molecular weight excluding hydrogens is 440 g/mol. The number of hydrogen-bond acceptors (Lipinski definition) is 4. The van der Waals surface area contributed by atoms with Crippen molar-refractivity contribution in [3.8, 4) is 11.8 Å². The third-order valence-electron chi connectivity index (χ3n) is 9.79. The van der Waals surface area contributed by atoms with Crippen LogP contribution in [-0.2, 0) is 18.8 Å². The Bertz CT molecular complexity index is 873. The quantitative estimate of drug-likeness (QED) is 0.108. The Morgan fingerprint density at radius 2 is 1.94 bits per heavy atom. The zero-order valence-corrected chi connectivity index (χ0v) is 23.8. The highest BCUT2D eigenvalue weighted by molar-refractivity contribution is 6.74. The van der Waals surface area contributed by atoms with Crippen LogP contribution in [0.1, 0.15) is 86.5 Å². The fourth-order valence-electron chi connectivity index (χ4n) is 6.70. The Hall–Kier alpha value is -1.38. The molecule has 3 aliphatic carbocycles. The standard InChI is InChI=1S/C29H46O4Si/c1-9-32-26(31)14-17-28(5)16-13-25-23(24(28)15-19-30)11-10-21-20-22(12-18-29(21,25)6)33-34(7,8)27(2,3)4/h10,19,22-25H,9,11-13,15-16,18,20H2,1-8H3/t22-,23-,24-,25-,28+,29-/m0/s1. The molecule has 0 aromatic carbocycles. The number of aldehydes is 1. The number of allylic oxidation sites excluding steroid dienone is 1. The molecule has 0 amide bonds. The largest absolute Gasteiger partial charge is 0.456 e. The Labute approximate surface area is 208 Å². The molecule has 0 aromatic rings. The molecule has 190 valence electrons. The van der Waals surface area contributed by atoms with Gasteiger partial charge in [0.25, 0.3) is 0 Å². The smallest absolute Gasteiger partial charge is 0.384 e. The SMILES string of the molecule is CCOC(=O)C#C[C@@]1(C)CC[C@H]2[C@@H](CC=C3C[C@@H](O[Si](C)(C)C(C)(C)C)CC[C@@]32C)[C@@H]1CC=O. The van der Waals surface area contributed by atoms with Crippen molar-refractivity contribution in [3.63, 3.8) is 0 Å². The lowest BCUT2D eigenvalue weighted by Crippen LogP contribution is -2.52. The van der Waals surface area contributed by atoms with Gasteiger partial charge in [-0.3, -0.25) is 0 Å². The van der Waals surface area contributed by atoms with Crippen molar-refractivity contribution in [2.24, 2.45) is 28.6 Å². The highest BCUT2D eigenvalue weighted by Gasteiger charge is 2.55. The first-order valence-electron chi connectivity index (χ1n) is 13.3. The lowest BCUT2D eigenvalue weighted by molar-refractivity contribution is -0.136. The molecule has 4 nitrogen and oxygen atoms in total. The first-order chi connectivity index (χ1) is 15.8. The summed E-state index contributed by atoms with van der Waals surface area (Å²) in [6.45, 7) is 18.4. The van der Waals surface area contributed by atoms with Gasteiger partial charge in [-0.25, -0.2) is 4.79 Å². The summed E-state index contributed by atoms with van der Waals surface area (Å²) < 4.78 is 11.9. The van der Waals surface area contributed by atoms with Gasteiger partial charge in [0.15, 0.2) is 8.32 Å². The minimum absolute atomic E-state index is 0.168. The van der Waals surface area contributed by atoms with Gasteiger partial charge in [0.05, 0.1) is 6.61 Å². The number of ether oxygens (including phenoxy) is 1. The van der Waals surface area contributed by atoms with Crippen LogP contribution in [0.15, 0.2) is 11.6 Å². The zero-order valence-electron chi connectivity index (χ0n) is 22.8. The summed E-state index contributed by atoms with van der Waals surface area (Å²) >= 11 is 0. The Morgan fingerprint density at radius 1 is 1.24 bits per heavy atom. The summed E-state index contributed by atoms with van der Waals surface area (Å²) in [5.41, 5.74) is 1.42. The van der Waals surface area contributed by atoms with Crippen molar-refractivity contribution in [2.75, 3.05) is 6.61 Å². The third kappa shape index (κ3) is 5.24. The molecule has 0 N–H and O–H groups in total. The predicted octanol–water partition coefficient (Wildman–Crippen LogP) is 6.70. The number of rotatable bonds is 5. The van der Waals surface area contributed by atoms with Crippen molar-refractivity contribution in [3.05, 3.63) is 11.6 Å². The highest BCUT2D eigenvalue weighted by Crippen LogP contribution is 2.62. The average molecular weight is 487 g/mol. The van der Waals surface area contributed by atoms with Crippen molar-refractivity contribution >= 4 is 20.6 Å². The van der Waals surface area contributed by atoms with Crippen LogP contribution < -0.4 is 0 Å². The lowest BCUT2D eigenvalue weighted by Gasteiger charge is -2.58. The van der Waals surface area contributed by atoms with E-state index in [1.54, 1.807) is 12.5 Å². The predicted molar refractivity (Wildman–Crippen MR) is 140 cm³/mol. The van der Waals surface area contributed by atoms with E-state index in [0.717, 1.165) is 44.8 Å². The molecular formula is C29H46O4Si. The zero-order chi connectivity index (χ0) is 25.4. The summed E-state index contributed by atoms with van der Waals surface area (Å²) in [6.07, 6.45) is 10.7. The van der Waals surface area contributed by atoms with E-state index >= 15 is 0 Å². The van der Waals surface area contributed by atoms with Crippen LogP contribution in [0.4, 0.5) is 0 Å². The van der Waals surface area contributed by atoms with Gasteiger partial charge in [-0.05, 0) is 93.7 Å². The first kappa shape index (κ1) is 27.2. The Kier molecular flexibility index (Phi) is 7.95. The highest BCUT2D eigenvalue weighted by atomic mass is 28.4. The van der Waals surface area contributed by atoms with Gasteiger partial charge in [0.2, 0.25) is 0 Å². The van der Waals surface area contributed by atoms with E-state index in [1.165, 1.54) is 0 Å². The molecule has 0 unspecified atom stereocenters. The number of carbonyl (C=O) groups is 2. The first-order valence-corrected chi connectivity index (χ1v) is 16.2. The summed E-state index contributed by atoms with van der Waals surface area (Å²) in [5, 5.41) is 0.222. The van der Waals surface area contributed by atoms with Gasteiger partial charge in [-0.15, -0.1) is 0 Å². The summed E-state index contributed by atoms with van der Waals surface area (Å²) in [5.74, 6) is 6.68. The molecule has 0 aromatic heterocycles. The fourth-order valence-corrected chi connectivity index (χ4v) is 8.08. The Balaban J connectivity index is 1.83. The maximum atomic E-state index is 11.9. The van der Waals surface area contributed by atoms with Crippen LogP contribution in [0.3, 0.4) is 0 Å². The molecule has 2 saturated carbocycles. The van der Waals surface area contributed by atoms with Crippen molar-refractivity contribution in [1.29, 1.82) is 0 Å². The van der Waals surface area contributed by atoms with E-state index in [4.69, 9.17) is 9.16 Å². The van der Waals surface area contributed by atoms with Crippen LogP contribution in [0.5, 0.6) is 0 Å².